The molecule has 0 radical (unpaired) electrons. The number of hydrogen-bond acceptors (Lipinski definition) is 5. The van der Waals surface area contributed by atoms with Crippen LogP contribution in [0.2, 0.25) is 0 Å². The van der Waals surface area contributed by atoms with Crippen molar-refractivity contribution in [1.82, 2.24) is 15.0 Å². The maximum Gasteiger partial charge on any atom is 0.119 e. The Morgan fingerprint density at radius 3 is 1.50 bits per heavy atom. The van der Waals surface area contributed by atoms with E-state index in [1.54, 1.807) is 24.5 Å². The standard InChI is InChI=1S/C21H15N3O2/c25-16-9-14(10-17(26)13-16)15-11-20(18-5-1-3-7-22-18)24-21(12-15)19-6-2-4-8-23-19/h1-13,25-26H. The van der Waals surface area contributed by atoms with Gasteiger partial charge in [0.1, 0.15) is 11.5 Å². The van der Waals surface area contributed by atoms with Crippen molar-refractivity contribution in [3.63, 3.8) is 0 Å². The molecule has 126 valence electrons. The minimum absolute atomic E-state index is 0.00409. The minimum atomic E-state index is -0.00409. The smallest absolute Gasteiger partial charge is 0.119 e. The normalized spacial score (nSPS) is 10.6. The summed E-state index contributed by atoms with van der Waals surface area (Å²) in [5.74, 6) is -0.00818. The molecule has 0 amide bonds. The first kappa shape index (κ1) is 15.8. The first-order chi connectivity index (χ1) is 12.7. The summed E-state index contributed by atoms with van der Waals surface area (Å²) in [6, 6.07) is 19.5. The molecule has 5 nitrogen and oxygen atoms in total. The third-order valence-electron chi connectivity index (χ3n) is 3.92. The highest BCUT2D eigenvalue weighted by atomic mass is 16.3. The molecule has 0 atom stereocenters. The molecule has 1 aromatic carbocycles. The van der Waals surface area contributed by atoms with Crippen molar-refractivity contribution in [2.45, 2.75) is 0 Å². The number of pyridine rings is 3. The van der Waals surface area contributed by atoms with Crippen LogP contribution in [0.1, 0.15) is 0 Å². The number of nitrogens with zero attached hydrogens (tertiary/aromatic N) is 3. The van der Waals surface area contributed by atoms with Gasteiger partial charge in [-0.25, -0.2) is 4.98 Å². The van der Waals surface area contributed by atoms with Gasteiger partial charge in [-0.05, 0) is 59.7 Å². The van der Waals surface area contributed by atoms with E-state index in [1.807, 2.05) is 48.5 Å². The van der Waals surface area contributed by atoms with Gasteiger partial charge in [0.25, 0.3) is 0 Å². The fourth-order valence-electron chi connectivity index (χ4n) is 2.75. The van der Waals surface area contributed by atoms with Crippen molar-refractivity contribution in [3.8, 4) is 45.4 Å². The highest BCUT2D eigenvalue weighted by Gasteiger charge is 2.11. The van der Waals surface area contributed by atoms with E-state index in [2.05, 4.69) is 9.97 Å². The van der Waals surface area contributed by atoms with Crippen LogP contribution in [0.4, 0.5) is 0 Å². The Morgan fingerprint density at radius 1 is 0.538 bits per heavy atom. The fraction of sp³-hybridized carbons (Fsp3) is 0. The highest BCUT2D eigenvalue weighted by Crippen LogP contribution is 2.32. The van der Waals surface area contributed by atoms with Crippen molar-refractivity contribution in [3.05, 3.63) is 79.1 Å². The van der Waals surface area contributed by atoms with E-state index in [0.29, 0.717) is 17.0 Å². The van der Waals surface area contributed by atoms with Crippen LogP contribution >= 0.6 is 0 Å². The molecule has 0 saturated heterocycles. The van der Waals surface area contributed by atoms with Crippen LogP contribution in [-0.4, -0.2) is 25.2 Å². The second kappa shape index (κ2) is 6.64. The number of aromatic nitrogens is 3. The van der Waals surface area contributed by atoms with Crippen LogP contribution < -0.4 is 0 Å². The van der Waals surface area contributed by atoms with Gasteiger partial charge in [0.15, 0.2) is 0 Å². The van der Waals surface area contributed by atoms with E-state index in [9.17, 15) is 10.2 Å². The lowest BCUT2D eigenvalue weighted by Gasteiger charge is -2.10. The van der Waals surface area contributed by atoms with Gasteiger partial charge in [0, 0.05) is 18.5 Å². The second-order valence-electron chi connectivity index (χ2n) is 5.79. The summed E-state index contributed by atoms with van der Waals surface area (Å²) in [5.41, 5.74) is 4.32. The lowest BCUT2D eigenvalue weighted by molar-refractivity contribution is 0.451. The van der Waals surface area contributed by atoms with Crippen LogP contribution in [0.25, 0.3) is 33.9 Å². The summed E-state index contributed by atoms with van der Waals surface area (Å²) < 4.78 is 0. The summed E-state index contributed by atoms with van der Waals surface area (Å²) in [7, 11) is 0. The maximum atomic E-state index is 9.83. The quantitative estimate of drug-likeness (QED) is 0.581. The largest absolute Gasteiger partial charge is 0.508 e. The van der Waals surface area contributed by atoms with E-state index in [0.717, 1.165) is 17.0 Å². The van der Waals surface area contributed by atoms with Crippen LogP contribution in [0.15, 0.2) is 79.1 Å². The molecular formula is C21H15N3O2. The first-order valence-electron chi connectivity index (χ1n) is 8.07. The molecule has 3 heterocycles. The van der Waals surface area contributed by atoms with E-state index in [4.69, 9.17) is 4.98 Å². The molecule has 3 aromatic heterocycles. The van der Waals surface area contributed by atoms with E-state index in [1.165, 1.54) is 6.07 Å². The van der Waals surface area contributed by atoms with Crippen LogP contribution in [-0.2, 0) is 0 Å². The fourth-order valence-corrected chi connectivity index (χ4v) is 2.75. The molecular weight excluding hydrogens is 326 g/mol. The van der Waals surface area contributed by atoms with E-state index >= 15 is 0 Å². The molecule has 0 bridgehead atoms. The second-order valence-corrected chi connectivity index (χ2v) is 5.79. The van der Waals surface area contributed by atoms with Crippen molar-refractivity contribution in [2.75, 3.05) is 0 Å². The van der Waals surface area contributed by atoms with Crippen LogP contribution in [0.3, 0.4) is 0 Å². The summed E-state index contributed by atoms with van der Waals surface area (Å²) >= 11 is 0. The molecule has 0 saturated carbocycles. The third-order valence-corrected chi connectivity index (χ3v) is 3.92. The van der Waals surface area contributed by atoms with Gasteiger partial charge in [-0.1, -0.05) is 12.1 Å². The maximum absolute atomic E-state index is 9.83. The van der Waals surface area contributed by atoms with Gasteiger partial charge in [-0.3, -0.25) is 9.97 Å². The molecule has 4 aromatic rings. The zero-order valence-electron chi connectivity index (χ0n) is 13.7. The number of aromatic hydroxyl groups is 2. The van der Waals surface area contributed by atoms with Crippen molar-refractivity contribution in [2.24, 2.45) is 0 Å². The number of rotatable bonds is 3. The molecule has 0 unspecified atom stereocenters. The molecule has 26 heavy (non-hydrogen) atoms. The number of phenols is 2. The van der Waals surface area contributed by atoms with Gasteiger partial charge < -0.3 is 10.2 Å². The van der Waals surface area contributed by atoms with Gasteiger partial charge in [0.2, 0.25) is 0 Å². The number of benzene rings is 1. The Hall–Kier alpha value is -3.73. The molecule has 5 heteroatoms. The summed E-state index contributed by atoms with van der Waals surface area (Å²) in [6.45, 7) is 0. The monoisotopic (exact) mass is 341 g/mol. The Labute approximate surface area is 150 Å². The van der Waals surface area contributed by atoms with E-state index in [-0.39, 0.29) is 11.5 Å². The SMILES string of the molecule is Oc1cc(O)cc(-c2cc(-c3ccccn3)nc(-c3ccccn3)c2)c1. The topological polar surface area (TPSA) is 79.1 Å². The summed E-state index contributed by atoms with van der Waals surface area (Å²) in [5, 5.41) is 19.7. The summed E-state index contributed by atoms with van der Waals surface area (Å²) in [4.78, 5) is 13.4. The van der Waals surface area contributed by atoms with E-state index < -0.39 is 0 Å². The van der Waals surface area contributed by atoms with Crippen molar-refractivity contribution in [1.29, 1.82) is 0 Å². The first-order valence-corrected chi connectivity index (χ1v) is 8.07. The zero-order valence-corrected chi connectivity index (χ0v) is 13.7. The van der Waals surface area contributed by atoms with Crippen molar-refractivity contribution >= 4 is 0 Å². The Morgan fingerprint density at radius 2 is 1.04 bits per heavy atom. The number of hydrogen-bond donors (Lipinski definition) is 2. The molecule has 0 spiro atoms. The van der Waals surface area contributed by atoms with Crippen LogP contribution in [0, 0.1) is 0 Å². The molecule has 0 aliphatic heterocycles. The molecule has 0 aliphatic carbocycles. The Balaban J connectivity index is 1.93. The van der Waals surface area contributed by atoms with Gasteiger partial charge >= 0.3 is 0 Å². The van der Waals surface area contributed by atoms with Crippen molar-refractivity contribution < 1.29 is 10.2 Å². The highest BCUT2D eigenvalue weighted by molar-refractivity contribution is 5.76. The Bertz CT molecular complexity index is 973. The number of phenolic OH excluding ortho intramolecular Hbond substituents is 2. The molecule has 2 N–H and O–H groups in total. The summed E-state index contributed by atoms with van der Waals surface area (Å²) in [6.07, 6.45) is 3.43. The molecule has 0 fully saturated rings. The minimum Gasteiger partial charge on any atom is -0.508 e. The average molecular weight is 341 g/mol. The van der Waals surface area contributed by atoms with Crippen LogP contribution in [0.5, 0.6) is 11.5 Å². The lowest BCUT2D eigenvalue weighted by Crippen LogP contribution is -1.93. The van der Waals surface area contributed by atoms with Gasteiger partial charge in [-0.15, -0.1) is 0 Å². The predicted molar refractivity (Wildman–Crippen MR) is 99.5 cm³/mol. The zero-order chi connectivity index (χ0) is 17.9. The average Bonchev–Trinajstić information content (AvgIpc) is 2.68. The molecule has 4 rings (SSSR count). The van der Waals surface area contributed by atoms with Gasteiger partial charge in [-0.2, -0.15) is 0 Å². The van der Waals surface area contributed by atoms with Gasteiger partial charge in [0.05, 0.1) is 22.8 Å². The third kappa shape index (κ3) is 3.23. The molecule has 0 aliphatic rings. The predicted octanol–water partition coefficient (Wildman–Crippen LogP) is 4.28. The Kier molecular flexibility index (Phi) is 4.03. The lowest BCUT2D eigenvalue weighted by atomic mass is 10.0.